The van der Waals surface area contributed by atoms with Crippen molar-refractivity contribution in [1.29, 1.82) is 0 Å². The Hall–Kier alpha value is -6.87. The number of pyridine rings is 2. The van der Waals surface area contributed by atoms with Gasteiger partial charge in [0, 0.05) is 60.4 Å². The zero-order valence-electron chi connectivity index (χ0n) is 30.5. The molecule has 5 heterocycles. The summed E-state index contributed by atoms with van der Waals surface area (Å²) < 4.78 is 23.7. The van der Waals surface area contributed by atoms with E-state index in [1.54, 1.807) is 40.6 Å². The van der Waals surface area contributed by atoms with Gasteiger partial charge in [0.05, 0.1) is 35.5 Å². The Morgan fingerprint density at radius 3 is 2.60 bits per heavy atom. The number of nitrogens with zero attached hydrogens (tertiary/aromatic N) is 4. The lowest BCUT2D eigenvalue weighted by Gasteiger charge is -2.19. The summed E-state index contributed by atoms with van der Waals surface area (Å²) in [4.78, 5) is 58.9. The Labute approximate surface area is 314 Å². The number of hydrogen-bond donors (Lipinski definition) is 2. The quantitative estimate of drug-likeness (QED) is 0.148. The number of furan rings is 1. The lowest BCUT2D eigenvalue weighted by molar-refractivity contribution is -0.134. The molecule has 0 spiro atoms. The molecule has 1 aliphatic heterocycles. The molecular weight excluding hydrogens is 700 g/mol. The number of benzene rings is 3. The minimum atomic E-state index is -0.636. The Kier molecular flexibility index (Phi) is 8.85. The van der Waals surface area contributed by atoms with Crippen molar-refractivity contribution in [3.63, 3.8) is 0 Å². The molecule has 0 aliphatic carbocycles. The SMILES string of the molecule is CC(C)c1cc(-c2cccc3cc(-c4ccc(C(=O)NCC#Cc5cc(F)c6occ(C7CCC(=O)NC7=O)c6c5)nc4)ncc23)cc2c1n(C)c(=O)n2C. The standard InChI is InChI=1S/C43H35FN6O5/c1-23(2)30-17-27(19-37-39(30)50(4)43(54)49(37)3)28-9-5-8-25-18-36(47-21-32(25)28)26-10-12-35(46-20-26)42(53)45-14-6-7-24-15-31-33(22-55-40(31)34(44)16-24)29-11-13-38(51)48-41(29)52/h5,8-10,12,15-23,29H,11,13-14H2,1-4H3,(H,45,53)(H,48,51,52). The third-order valence-electron chi connectivity index (χ3n) is 10.2. The molecule has 0 saturated carbocycles. The number of aryl methyl sites for hydroxylation is 2. The number of nitrogens with one attached hydrogen (secondary N) is 2. The number of imide groups is 1. The highest BCUT2D eigenvalue weighted by Crippen LogP contribution is 2.36. The number of carbonyl (C=O) groups excluding carboxylic acids is 3. The second-order valence-corrected chi connectivity index (χ2v) is 14.0. The van der Waals surface area contributed by atoms with Gasteiger partial charge in [-0.25, -0.2) is 9.18 Å². The van der Waals surface area contributed by atoms with Crippen molar-refractivity contribution in [3.05, 3.63) is 118 Å². The van der Waals surface area contributed by atoms with Gasteiger partial charge in [0.1, 0.15) is 5.69 Å². The number of rotatable bonds is 6. The molecule has 0 radical (unpaired) electrons. The molecular formula is C43H35FN6O5. The number of piperidine rings is 1. The number of carbonyl (C=O) groups is 3. The van der Waals surface area contributed by atoms with E-state index in [0.717, 1.165) is 44.1 Å². The van der Waals surface area contributed by atoms with Crippen LogP contribution >= 0.6 is 0 Å². The highest BCUT2D eigenvalue weighted by atomic mass is 19.1. The Balaban J connectivity index is 0.976. The Bertz CT molecular complexity index is 2860. The summed E-state index contributed by atoms with van der Waals surface area (Å²) in [5, 5.41) is 7.39. The normalized spacial score (nSPS) is 14.4. The minimum Gasteiger partial charge on any atom is -0.461 e. The first kappa shape index (κ1) is 35.2. The van der Waals surface area contributed by atoms with Crippen LogP contribution in [0.15, 0.2) is 88.5 Å². The Morgan fingerprint density at radius 1 is 1.00 bits per heavy atom. The summed E-state index contributed by atoms with van der Waals surface area (Å²) in [6.45, 7) is 4.23. The van der Waals surface area contributed by atoms with Gasteiger partial charge < -0.3 is 9.73 Å². The van der Waals surface area contributed by atoms with Crippen molar-refractivity contribution in [2.75, 3.05) is 6.54 Å². The van der Waals surface area contributed by atoms with Crippen LogP contribution in [0.5, 0.6) is 0 Å². The topological polar surface area (TPSA) is 141 Å². The van der Waals surface area contributed by atoms with E-state index >= 15 is 0 Å². The number of amides is 3. The van der Waals surface area contributed by atoms with Gasteiger partial charge in [0.2, 0.25) is 11.8 Å². The number of halogens is 1. The zero-order valence-corrected chi connectivity index (χ0v) is 30.5. The molecule has 8 rings (SSSR count). The molecule has 1 aliphatic rings. The number of hydrogen-bond acceptors (Lipinski definition) is 7. The summed E-state index contributed by atoms with van der Waals surface area (Å²) in [6.07, 6.45) is 5.27. The van der Waals surface area contributed by atoms with E-state index in [4.69, 9.17) is 9.40 Å². The largest absolute Gasteiger partial charge is 0.461 e. The molecule has 55 heavy (non-hydrogen) atoms. The van der Waals surface area contributed by atoms with Crippen LogP contribution in [0.25, 0.3) is 55.2 Å². The highest BCUT2D eigenvalue weighted by molar-refractivity contribution is 6.03. The van der Waals surface area contributed by atoms with Crippen LogP contribution in [-0.2, 0) is 23.7 Å². The fourth-order valence-electron chi connectivity index (χ4n) is 7.35. The fraction of sp³-hybridized carbons (Fsp3) is 0.209. The van der Waals surface area contributed by atoms with Crippen LogP contribution in [0.3, 0.4) is 0 Å². The summed E-state index contributed by atoms with van der Waals surface area (Å²) >= 11 is 0. The molecule has 11 nitrogen and oxygen atoms in total. The molecule has 7 aromatic rings. The van der Waals surface area contributed by atoms with Crippen molar-refractivity contribution in [3.8, 4) is 34.2 Å². The lowest BCUT2D eigenvalue weighted by atomic mass is 9.90. The van der Waals surface area contributed by atoms with Gasteiger partial charge in [-0.2, -0.15) is 0 Å². The van der Waals surface area contributed by atoms with Crippen LogP contribution in [0.4, 0.5) is 4.39 Å². The predicted octanol–water partition coefficient (Wildman–Crippen LogP) is 6.46. The third-order valence-corrected chi connectivity index (χ3v) is 10.2. The third kappa shape index (κ3) is 6.33. The summed E-state index contributed by atoms with van der Waals surface area (Å²) in [5.74, 6) is 3.42. The van der Waals surface area contributed by atoms with Crippen molar-refractivity contribution in [2.45, 2.75) is 38.5 Å². The van der Waals surface area contributed by atoms with Crippen molar-refractivity contribution >= 4 is 50.5 Å². The maximum absolute atomic E-state index is 14.9. The van der Waals surface area contributed by atoms with Crippen LogP contribution in [-0.4, -0.2) is 43.4 Å². The van der Waals surface area contributed by atoms with Gasteiger partial charge in [-0.05, 0) is 76.9 Å². The maximum Gasteiger partial charge on any atom is 0.328 e. The second kappa shape index (κ2) is 13.8. The van der Waals surface area contributed by atoms with Crippen LogP contribution < -0.4 is 16.3 Å². The van der Waals surface area contributed by atoms with E-state index in [9.17, 15) is 23.6 Å². The van der Waals surface area contributed by atoms with Crippen molar-refractivity contribution in [1.82, 2.24) is 29.7 Å². The van der Waals surface area contributed by atoms with Gasteiger partial charge in [-0.3, -0.25) is 38.8 Å². The molecule has 2 N–H and O–H groups in total. The smallest absolute Gasteiger partial charge is 0.328 e. The van der Waals surface area contributed by atoms with Gasteiger partial charge in [0.25, 0.3) is 5.91 Å². The average Bonchev–Trinajstić information content (AvgIpc) is 3.70. The van der Waals surface area contributed by atoms with Crippen LogP contribution in [0.1, 0.15) is 65.7 Å². The first-order valence-corrected chi connectivity index (χ1v) is 17.8. The molecule has 1 atom stereocenters. The highest BCUT2D eigenvalue weighted by Gasteiger charge is 2.31. The van der Waals surface area contributed by atoms with Gasteiger partial charge in [-0.1, -0.05) is 43.9 Å². The average molecular weight is 735 g/mol. The first-order valence-electron chi connectivity index (χ1n) is 17.8. The predicted molar refractivity (Wildman–Crippen MR) is 207 cm³/mol. The maximum atomic E-state index is 14.9. The molecule has 4 aromatic heterocycles. The molecule has 3 amide bonds. The van der Waals surface area contributed by atoms with E-state index in [1.807, 2.05) is 31.4 Å². The second-order valence-electron chi connectivity index (χ2n) is 14.0. The number of imidazole rings is 1. The first-order chi connectivity index (χ1) is 26.5. The molecule has 0 bridgehead atoms. The zero-order chi connectivity index (χ0) is 38.5. The molecule has 274 valence electrons. The van der Waals surface area contributed by atoms with Crippen molar-refractivity contribution < 1.29 is 23.2 Å². The van der Waals surface area contributed by atoms with Gasteiger partial charge in [-0.15, -0.1) is 0 Å². The summed E-state index contributed by atoms with van der Waals surface area (Å²) in [5.41, 5.74) is 7.33. The van der Waals surface area contributed by atoms with Crippen LogP contribution in [0, 0.1) is 17.7 Å². The summed E-state index contributed by atoms with van der Waals surface area (Å²) in [6, 6.07) is 18.6. The minimum absolute atomic E-state index is 0.00734. The molecule has 1 unspecified atom stereocenters. The van der Waals surface area contributed by atoms with Gasteiger partial charge >= 0.3 is 5.69 Å². The monoisotopic (exact) mass is 734 g/mol. The van der Waals surface area contributed by atoms with E-state index < -0.39 is 23.5 Å². The van der Waals surface area contributed by atoms with Crippen molar-refractivity contribution in [2.24, 2.45) is 14.1 Å². The summed E-state index contributed by atoms with van der Waals surface area (Å²) in [7, 11) is 3.60. The molecule has 3 aromatic carbocycles. The van der Waals surface area contributed by atoms with E-state index in [0.29, 0.717) is 28.6 Å². The number of fused-ring (bicyclic) bond motifs is 3. The molecule has 1 fully saturated rings. The van der Waals surface area contributed by atoms with E-state index in [1.165, 1.54) is 12.3 Å². The lowest BCUT2D eigenvalue weighted by Crippen LogP contribution is -2.39. The Morgan fingerprint density at radius 2 is 1.84 bits per heavy atom. The van der Waals surface area contributed by atoms with E-state index in [2.05, 4.69) is 59.5 Å². The number of aromatic nitrogens is 4. The van der Waals surface area contributed by atoms with Crippen LogP contribution in [0.2, 0.25) is 0 Å². The molecule has 1 saturated heterocycles. The molecule has 12 heteroatoms. The van der Waals surface area contributed by atoms with E-state index in [-0.39, 0.29) is 41.8 Å². The fourth-order valence-corrected chi connectivity index (χ4v) is 7.35. The van der Waals surface area contributed by atoms with Gasteiger partial charge in [0.15, 0.2) is 11.4 Å².